The van der Waals surface area contributed by atoms with Crippen LogP contribution in [0.4, 0.5) is 5.69 Å². The van der Waals surface area contributed by atoms with E-state index in [-0.39, 0.29) is 23.6 Å². The van der Waals surface area contributed by atoms with Gasteiger partial charge in [0.05, 0.1) is 18.6 Å². The molecule has 0 saturated carbocycles. The van der Waals surface area contributed by atoms with Gasteiger partial charge in [-0.1, -0.05) is 49.4 Å². The summed E-state index contributed by atoms with van der Waals surface area (Å²) >= 11 is 1.25. The summed E-state index contributed by atoms with van der Waals surface area (Å²) in [4.78, 5) is 36.3. The Morgan fingerprint density at radius 2 is 1.97 bits per heavy atom. The van der Waals surface area contributed by atoms with Gasteiger partial charge >= 0.3 is 0 Å². The fourth-order valence-corrected chi connectivity index (χ4v) is 4.32. The van der Waals surface area contributed by atoms with E-state index in [1.807, 2.05) is 55.5 Å². The summed E-state index contributed by atoms with van der Waals surface area (Å²) < 4.78 is 5.15. The number of benzene rings is 2. The van der Waals surface area contributed by atoms with E-state index in [4.69, 9.17) is 4.74 Å². The highest BCUT2D eigenvalue weighted by Gasteiger charge is 2.40. The lowest BCUT2D eigenvalue weighted by molar-refractivity contribution is -0.124. The van der Waals surface area contributed by atoms with Crippen molar-refractivity contribution in [2.45, 2.75) is 32.4 Å². The number of amides is 2. The third kappa shape index (κ3) is 4.49. The number of fused-ring (bicyclic) bond motifs is 3. The molecule has 0 spiro atoms. The van der Waals surface area contributed by atoms with Gasteiger partial charge < -0.3 is 10.1 Å². The first-order valence-corrected chi connectivity index (χ1v) is 11.2. The van der Waals surface area contributed by atoms with E-state index in [1.165, 1.54) is 11.8 Å². The maximum atomic E-state index is 13.0. The van der Waals surface area contributed by atoms with E-state index in [0.29, 0.717) is 24.0 Å². The number of thioether (sulfide) groups is 1. The Morgan fingerprint density at radius 1 is 1.19 bits per heavy atom. The quantitative estimate of drug-likeness (QED) is 0.720. The van der Waals surface area contributed by atoms with Crippen LogP contribution in [0.25, 0.3) is 0 Å². The summed E-state index contributed by atoms with van der Waals surface area (Å²) in [5.74, 6) is 1.37. The van der Waals surface area contributed by atoms with Gasteiger partial charge in [0.1, 0.15) is 17.6 Å². The zero-order chi connectivity index (χ0) is 21.8. The number of hydrogen-bond acceptors (Lipinski definition) is 6. The third-order valence-corrected chi connectivity index (χ3v) is 6.03. The molecule has 2 aliphatic heterocycles. The SMILES string of the molecule is CCCC1N=C2c3ccccc3N=C(SCC(=O)NCc3ccc(OC)cc3)N2C1=O. The Balaban J connectivity index is 1.43. The van der Waals surface area contributed by atoms with Crippen LogP contribution in [0.15, 0.2) is 58.5 Å². The molecule has 2 heterocycles. The molecule has 0 bridgehead atoms. The van der Waals surface area contributed by atoms with Gasteiger partial charge in [-0.25, -0.2) is 9.89 Å². The number of carbonyl (C=O) groups excluding carboxylic acids is 2. The Bertz CT molecular complexity index is 1050. The summed E-state index contributed by atoms with van der Waals surface area (Å²) in [6, 6.07) is 14.8. The van der Waals surface area contributed by atoms with Crippen LogP contribution >= 0.6 is 11.8 Å². The number of aliphatic imine (C=N–C) groups is 2. The van der Waals surface area contributed by atoms with E-state index in [2.05, 4.69) is 15.3 Å². The topological polar surface area (TPSA) is 83.4 Å². The standard InChI is InChI=1S/C23H24N4O3S/c1-3-6-19-22(29)27-21(25-19)17-7-4-5-8-18(17)26-23(27)31-14-20(28)24-13-15-9-11-16(30-2)12-10-15/h4-5,7-12,19H,3,6,13-14H2,1-2H3,(H,24,28). The lowest BCUT2D eigenvalue weighted by Crippen LogP contribution is -2.41. The second kappa shape index (κ2) is 9.34. The number of carbonyl (C=O) groups is 2. The molecule has 0 aromatic heterocycles. The van der Waals surface area contributed by atoms with E-state index in [0.717, 1.165) is 29.0 Å². The molecule has 2 aliphatic rings. The van der Waals surface area contributed by atoms with Crippen molar-refractivity contribution in [3.05, 3.63) is 59.7 Å². The van der Waals surface area contributed by atoms with E-state index in [1.54, 1.807) is 12.0 Å². The minimum atomic E-state index is -0.388. The molecular formula is C23H24N4O3S. The summed E-state index contributed by atoms with van der Waals surface area (Å²) in [5.41, 5.74) is 2.60. The summed E-state index contributed by atoms with van der Waals surface area (Å²) in [6.45, 7) is 2.46. The second-order valence-corrected chi connectivity index (χ2v) is 8.20. The van der Waals surface area contributed by atoms with Gasteiger partial charge in [-0.3, -0.25) is 14.6 Å². The number of nitrogens with one attached hydrogen (secondary N) is 1. The number of rotatable bonds is 7. The predicted octanol–water partition coefficient (Wildman–Crippen LogP) is 3.50. The summed E-state index contributed by atoms with van der Waals surface area (Å²) in [5, 5.41) is 3.41. The maximum absolute atomic E-state index is 13.0. The number of ether oxygens (including phenoxy) is 1. The van der Waals surface area contributed by atoms with Gasteiger partial charge in [0, 0.05) is 12.1 Å². The zero-order valence-electron chi connectivity index (χ0n) is 17.5. The molecule has 1 unspecified atom stereocenters. The van der Waals surface area contributed by atoms with Crippen molar-refractivity contribution in [2.75, 3.05) is 12.9 Å². The largest absolute Gasteiger partial charge is 0.497 e. The van der Waals surface area contributed by atoms with Gasteiger partial charge in [0.2, 0.25) is 5.91 Å². The number of methoxy groups -OCH3 is 1. The zero-order valence-corrected chi connectivity index (χ0v) is 18.3. The van der Waals surface area contributed by atoms with E-state index in [9.17, 15) is 9.59 Å². The van der Waals surface area contributed by atoms with E-state index < -0.39 is 0 Å². The molecular weight excluding hydrogens is 412 g/mol. The fraction of sp³-hybridized carbons (Fsp3) is 0.304. The van der Waals surface area contributed by atoms with Crippen LogP contribution in [-0.4, -0.2) is 46.6 Å². The van der Waals surface area contributed by atoms with Crippen LogP contribution in [0.1, 0.15) is 30.9 Å². The molecule has 1 atom stereocenters. The van der Waals surface area contributed by atoms with Crippen molar-refractivity contribution < 1.29 is 14.3 Å². The average Bonchev–Trinajstić information content (AvgIpc) is 3.13. The van der Waals surface area contributed by atoms with Gasteiger partial charge in [0.15, 0.2) is 5.17 Å². The molecule has 2 aromatic rings. The molecule has 2 aromatic carbocycles. The van der Waals surface area contributed by atoms with E-state index >= 15 is 0 Å². The van der Waals surface area contributed by atoms with Crippen molar-refractivity contribution in [2.24, 2.45) is 9.98 Å². The van der Waals surface area contributed by atoms with Crippen LogP contribution in [0.3, 0.4) is 0 Å². The minimum Gasteiger partial charge on any atom is -0.497 e. The first-order valence-electron chi connectivity index (χ1n) is 10.2. The van der Waals surface area contributed by atoms with Gasteiger partial charge in [-0.05, 0) is 36.2 Å². The van der Waals surface area contributed by atoms with Gasteiger partial charge in [-0.2, -0.15) is 0 Å². The predicted molar refractivity (Wildman–Crippen MR) is 123 cm³/mol. The Kier molecular flexibility index (Phi) is 6.36. The molecule has 0 saturated heterocycles. The third-order valence-electron chi connectivity index (χ3n) is 5.09. The maximum Gasteiger partial charge on any atom is 0.259 e. The van der Waals surface area contributed by atoms with Crippen LogP contribution in [0.5, 0.6) is 5.75 Å². The Morgan fingerprint density at radius 3 is 2.71 bits per heavy atom. The lowest BCUT2D eigenvalue weighted by Gasteiger charge is -2.25. The normalized spacial score (nSPS) is 16.9. The molecule has 8 heteroatoms. The molecule has 31 heavy (non-hydrogen) atoms. The highest BCUT2D eigenvalue weighted by Crippen LogP contribution is 2.34. The summed E-state index contributed by atoms with van der Waals surface area (Å²) in [6.07, 6.45) is 1.57. The van der Waals surface area contributed by atoms with Crippen LogP contribution in [0.2, 0.25) is 0 Å². The van der Waals surface area contributed by atoms with Crippen molar-refractivity contribution in [1.82, 2.24) is 10.2 Å². The number of amidine groups is 2. The first-order chi connectivity index (χ1) is 15.1. The molecule has 0 fully saturated rings. The fourth-order valence-electron chi connectivity index (χ4n) is 3.49. The lowest BCUT2D eigenvalue weighted by atomic mass is 10.1. The van der Waals surface area contributed by atoms with Gasteiger partial charge in [-0.15, -0.1) is 0 Å². The second-order valence-electron chi connectivity index (χ2n) is 7.26. The van der Waals surface area contributed by atoms with Crippen molar-refractivity contribution in [3.8, 4) is 5.75 Å². The monoisotopic (exact) mass is 436 g/mol. The highest BCUT2D eigenvalue weighted by molar-refractivity contribution is 8.14. The molecule has 1 N–H and O–H groups in total. The van der Waals surface area contributed by atoms with Crippen molar-refractivity contribution >= 4 is 40.3 Å². The van der Waals surface area contributed by atoms with Crippen LogP contribution in [-0.2, 0) is 16.1 Å². The molecule has 7 nitrogen and oxygen atoms in total. The number of para-hydroxylation sites is 1. The molecule has 0 aliphatic carbocycles. The van der Waals surface area contributed by atoms with Gasteiger partial charge in [0.25, 0.3) is 5.91 Å². The molecule has 2 amide bonds. The Labute approximate surface area is 185 Å². The van der Waals surface area contributed by atoms with Crippen LogP contribution in [0, 0.1) is 0 Å². The van der Waals surface area contributed by atoms with Crippen molar-refractivity contribution in [3.63, 3.8) is 0 Å². The highest BCUT2D eigenvalue weighted by atomic mass is 32.2. The first kappa shape index (κ1) is 21.1. The molecule has 0 radical (unpaired) electrons. The number of nitrogens with zero attached hydrogens (tertiary/aromatic N) is 3. The van der Waals surface area contributed by atoms with Crippen LogP contribution < -0.4 is 10.1 Å². The number of hydrogen-bond donors (Lipinski definition) is 1. The molecule has 4 rings (SSSR count). The average molecular weight is 437 g/mol. The minimum absolute atomic E-state index is 0.0729. The van der Waals surface area contributed by atoms with Crippen molar-refractivity contribution in [1.29, 1.82) is 0 Å². The summed E-state index contributed by atoms with van der Waals surface area (Å²) in [7, 11) is 1.62. The Hall–Kier alpha value is -3.13. The molecule has 160 valence electrons. The smallest absolute Gasteiger partial charge is 0.259 e.